The number of aliphatic hydroxyl groups excluding tert-OH is 2. The Kier molecular flexibility index (Phi) is 12.1. The molecule has 0 aliphatic carbocycles. The second-order valence-corrected chi connectivity index (χ2v) is 14.8. The van der Waals surface area contributed by atoms with Crippen LogP contribution in [-0.2, 0) is 28.7 Å². The number of hydrogen-bond donors (Lipinski definition) is 4. The molecule has 15 atom stereocenters. The fourth-order valence-electron chi connectivity index (χ4n) is 8.86. The zero-order valence-electron chi connectivity index (χ0n) is 28.6. The molecule has 10 nitrogen and oxygen atoms in total. The van der Waals surface area contributed by atoms with Gasteiger partial charge in [0.1, 0.15) is 11.4 Å². The first-order valence-corrected chi connectivity index (χ1v) is 16.9. The Balaban J connectivity index is 1.76. The third-order valence-electron chi connectivity index (χ3n) is 11.7. The Hall–Kier alpha value is -1.14. The van der Waals surface area contributed by atoms with Gasteiger partial charge in [0.2, 0.25) is 0 Å². The van der Waals surface area contributed by atoms with Crippen molar-refractivity contribution >= 4 is 11.8 Å². The van der Waals surface area contributed by atoms with Gasteiger partial charge in [0.15, 0.2) is 5.79 Å². The second kappa shape index (κ2) is 14.3. The van der Waals surface area contributed by atoms with Gasteiger partial charge in [-0.2, -0.15) is 5.26 Å². The van der Waals surface area contributed by atoms with Crippen LogP contribution in [0.5, 0.6) is 0 Å². The van der Waals surface area contributed by atoms with E-state index in [1.54, 1.807) is 6.92 Å². The molecule has 3 heterocycles. The molecule has 3 fully saturated rings. The number of ether oxygens (including phenoxy) is 3. The minimum absolute atomic E-state index is 0.0570. The average molecular weight is 629 g/mol. The van der Waals surface area contributed by atoms with E-state index in [0.29, 0.717) is 32.1 Å². The monoisotopic (exact) mass is 628 g/mol. The summed E-state index contributed by atoms with van der Waals surface area (Å²) in [4.78, 5) is 29.7. The first kappa shape index (κ1) is 37.3. The SMILES string of the molecule is CC[C@@H](C(=O)[C@@H](C)[C@@H](O)C(C)[C@H]1O[C@@H](CC(=O)OO)[C@H](C)C[C@@H]1C)C1O[C@](C)([C@]2(O)O[C@@](CC)([C@@H](O)CC)C[C@H]2C)C[C@@H]1C. The number of rotatable bonds is 13. The minimum Gasteiger partial charge on any atom is -0.392 e. The van der Waals surface area contributed by atoms with Crippen LogP contribution in [0.1, 0.15) is 114 Å². The molecule has 10 heteroatoms. The van der Waals surface area contributed by atoms with Crippen molar-refractivity contribution in [2.24, 2.45) is 41.4 Å². The van der Waals surface area contributed by atoms with Gasteiger partial charge >= 0.3 is 5.97 Å². The first-order valence-electron chi connectivity index (χ1n) is 16.9. The molecule has 0 aromatic rings. The summed E-state index contributed by atoms with van der Waals surface area (Å²) in [7, 11) is 0. The number of Topliss-reactive ketones (excluding diaryl/α,β-unsaturated/α-hetero) is 1. The van der Waals surface area contributed by atoms with E-state index >= 15 is 0 Å². The van der Waals surface area contributed by atoms with Gasteiger partial charge in [-0.05, 0) is 63.2 Å². The quantitative estimate of drug-likeness (QED) is 0.164. The topological polar surface area (TPSA) is 152 Å². The maximum Gasteiger partial charge on any atom is 0.344 e. The van der Waals surface area contributed by atoms with Gasteiger partial charge in [0.05, 0.1) is 42.5 Å². The first-order chi connectivity index (χ1) is 20.4. The van der Waals surface area contributed by atoms with Crippen molar-refractivity contribution in [2.75, 3.05) is 0 Å². The molecule has 256 valence electrons. The van der Waals surface area contributed by atoms with E-state index in [-0.39, 0.29) is 42.0 Å². The van der Waals surface area contributed by atoms with Crippen LogP contribution in [0.4, 0.5) is 0 Å². The highest BCUT2D eigenvalue weighted by Gasteiger charge is 2.67. The van der Waals surface area contributed by atoms with Gasteiger partial charge in [0, 0.05) is 23.7 Å². The van der Waals surface area contributed by atoms with Crippen LogP contribution in [-0.4, -0.2) is 79.8 Å². The highest BCUT2D eigenvalue weighted by Crippen LogP contribution is 2.56. The van der Waals surface area contributed by atoms with Crippen LogP contribution in [0.25, 0.3) is 0 Å². The summed E-state index contributed by atoms with van der Waals surface area (Å²) in [5.74, 6) is -4.28. The molecule has 0 aromatic heterocycles. The Morgan fingerprint density at radius 1 is 0.955 bits per heavy atom. The van der Waals surface area contributed by atoms with Crippen molar-refractivity contribution in [2.45, 2.75) is 162 Å². The largest absolute Gasteiger partial charge is 0.392 e. The Labute approximate surface area is 264 Å². The maximum absolute atomic E-state index is 14.1. The van der Waals surface area contributed by atoms with Crippen molar-refractivity contribution in [1.29, 1.82) is 0 Å². The van der Waals surface area contributed by atoms with Crippen LogP contribution in [0, 0.1) is 41.4 Å². The molecule has 3 aliphatic heterocycles. The summed E-state index contributed by atoms with van der Waals surface area (Å²) in [6, 6.07) is 0. The zero-order valence-corrected chi connectivity index (χ0v) is 28.6. The normalized spacial score (nSPS) is 42.8. The summed E-state index contributed by atoms with van der Waals surface area (Å²) in [5, 5.41) is 43.2. The van der Waals surface area contributed by atoms with Crippen molar-refractivity contribution < 1.29 is 49.3 Å². The summed E-state index contributed by atoms with van der Waals surface area (Å²) >= 11 is 0. The van der Waals surface area contributed by atoms with E-state index in [1.165, 1.54) is 0 Å². The van der Waals surface area contributed by atoms with E-state index in [9.17, 15) is 24.9 Å². The maximum atomic E-state index is 14.1. The van der Waals surface area contributed by atoms with Gasteiger partial charge in [-0.3, -0.25) is 4.79 Å². The number of carbonyl (C=O) groups excluding carboxylic acids is 2. The average Bonchev–Trinajstić information content (AvgIpc) is 3.46. The fraction of sp³-hybridized carbons (Fsp3) is 0.941. The van der Waals surface area contributed by atoms with Crippen LogP contribution in [0.15, 0.2) is 0 Å². The predicted molar refractivity (Wildman–Crippen MR) is 164 cm³/mol. The smallest absolute Gasteiger partial charge is 0.344 e. The molecule has 3 rings (SSSR count). The fourth-order valence-corrected chi connectivity index (χ4v) is 8.86. The van der Waals surface area contributed by atoms with Crippen molar-refractivity contribution in [3.63, 3.8) is 0 Å². The van der Waals surface area contributed by atoms with Crippen molar-refractivity contribution in [1.82, 2.24) is 0 Å². The third kappa shape index (κ3) is 6.78. The summed E-state index contributed by atoms with van der Waals surface area (Å²) < 4.78 is 19.4. The number of ketones is 1. The van der Waals surface area contributed by atoms with E-state index in [1.807, 2.05) is 62.3 Å². The van der Waals surface area contributed by atoms with Crippen LogP contribution >= 0.6 is 0 Å². The van der Waals surface area contributed by atoms with Crippen LogP contribution < -0.4 is 0 Å². The summed E-state index contributed by atoms with van der Waals surface area (Å²) in [5.41, 5.74) is -1.95. The lowest BCUT2D eigenvalue weighted by Crippen LogP contribution is -2.57. The molecule has 0 aromatic carbocycles. The number of carbonyl (C=O) groups is 2. The molecule has 0 saturated carbocycles. The number of aliphatic hydroxyl groups is 3. The minimum atomic E-state index is -1.63. The lowest BCUT2D eigenvalue weighted by Gasteiger charge is -2.44. The summed E-state index contributed by atoms with van der Waals surface area (Å²) in [6.07, 6.45) is 0.237. The third-order valence-corrected chi connectivity index (χ3v) is 11.7. The molecule has 0 spiro atoms. The number of hydrogen-bond acceptors (Lipinski definition) is 10. The lowest BCUT2D eigenvalue weighted by molar-refractivity contribution is -0.332. The molecule has 2 unspecified atom stereocenters. The molecule has 0 amide bonds. The van der Waals surface area contributed by atoms with Gasteiger partial charge < -0.3 is 34.4 Å². The van der Waals surface area contributed by atoms with Crippen LogP contribution in [0.2, 0.25) is 0 Å². The van der Waals surface area contributed by atoms with Gasteiger partial charge in [-0.25, -0.2) is 4.79 Å². The molecular formula is C34H60O10. The Bertz CT molecular complexity index is 991. The van der Waals surface area contributed by atoms with Crippen molar-refractivity contribution in [3.05, 3.63) is 0 Å². The van der Waals surface area contributed by atoms with Gasteiger partial charge in [-0.1, -0.05) is 62.3 Å². The van der Waals surface area contributed by atoms with Crippen molar-refractivity contribution in [3.8, 4) is 0 Å². The predicted octanol–water partition coefficient (Wildman–Crippen LogP) is 4.90. The molecule has 44 heavy (non-hydrogen) atoms. The van der Waals surface area contributed by atoms with E-state index in [0.717, 1.165) is 6.42 Å². The van der Waals surface area contributed by atoms with Crippen LogP contribution in [0.3, 0.4) is 0 Å². The van der Waals surface area contributed by atoms with E-state index in [2.05, 4.69) is 4.89 Å². The zero-order chi connectivity index (χ0) is 33.4. The molecular weight excluding hydrogens is 568 g/mol. The molecule has 4 N–H and O–H groups in total. The van der Waals surface area contributed by atoms with E-state index < -0.39 is 65.1 Å². The highest BCUT2D eigenvalue weighted by atomic mass is 17.1. The highest BCUT2D eigenvalue weighted by molar-refractivity contribution is 5.84. The standard InChI is InChI=1S/C34H60O10/c1-11-24(29(38)22(8)28(37)23(9)30-19(5)14-18(4)25(41-30)15-27(36)43-40)31-20(6)16-32(10,42-31)34(39)21(7)17-33(13-3,44-34)26(35)12-2/h18-26,28,30-31,35,37,39-40H,11-17H2,1-10H3/t18-,19+,20+,21-,22+,23?,24+,25+,26+,28-,30+,31?,32+,33-,34-/m1/s1. The Morgan fingerprint density at radius 3 is 2.14 bits per heavy atom. The molecule has 0 radical (unpaired) electrons. The lowest BCUT2D eigenvalue weighted by atomic mass is 9.74. The molecule has 3 aliphatic rings. The van der Waals surface area contributed by atoms with Gasteiger partial charge in [0.25, 0.3) is 0 Å². The molecule has 3 saturated heterocycles. The Morgan fingerprint density at radius 2 is 1.59 bits per heavy atom. The molecule has 0 bridgehead atoms. The second-order valence-electron chi connectivity index (χ2n) is 14.8. The summed E-state index contributed by atoms with van der Waals surface area (Å²) in [6.45, 7) is 19.3. The van der Waals surface area contributed by atoms with Gasteiger partial charge in [-0.15, -0.1) is 0 Å². The van der Waals surface area contributed by atoms with E-state index in [4.69, 9.17) is 19.5 Å².